The van der Waals surface area contributed by atoms with Crippen LogP contribution in [-0.2, 0) is 22.6 Å². The number of ether oxygens (including phenoxy) is 1. The molecular weight excluding hydrogens is 470 g/mol. The van der Waals surface area contributed by atoms with Crippen molar-refractivity contribution in [3.05, 3.63) is 93.2 Å². The van der Waals surface area contributed by atoms with E-state index in [9.17, 15) is 18.4 Å². The monoisotopic (exact) mass is 498 g/mol. The standard InChI is InChI=1S/C27H28F2N2O3S/c1-19-12-14-35-25(19)17-30(15-20-8-10-21(28)11-9-20)26(32)18-31(16-22-5-4-13-34-22)27(33)23-6-2-3-7-24(23)29/h2-3,6-12,14,22H,4-5,13,15-18H2,1H3. The highest BCUT2D eigenvalue weighted by Crippen LogP contribution is 2.21. The third-order valence-corrected chi connectivity index (χ3v) is 7.12. The predicted octanol–water partition coefficient (Wildman–Crippen LogP) is 5.18. The van der Waals surface area contributed by atoms with Crippen LogP contribution in [0.4, 0.5) is 8.78 Å². The lowest BCUT2D eigenvalue weighted by atomic mass is 10.1. The van der Waals surface area contributed by atoms with Crippen molar-refractivity contribution in [2.75, 3.05) is 19.7 Å². The van der Waals surface area contributed by atoms with Gasteiger partial charge in [0.15, 0.2) is 0 Å². The average molecular weight is 499 g/mol. The molecule has 1 aliphatic heterocycles. The fourth-order valence-corrected chi connectivity index (χ4v) is 5.02. The van der Waals surface area contributed by atoms with Crippen molar-refractivity contribution in [2.24, 2.45) is 0 Å². The molecule has 1 aromatic heterocycles. The van der Waals surface area contributed by atoms with Crippen LogP contribution in [-0.4, -0.2) is 47.4 Å². The highest BCUT2D eigenvalue weighted by molar-refractivity contribution is 7.10. The van der Waals surface area contributed by atoms with E-state index in [4.69, 9.17) is 4.74 Å². The molecular formula is C27H28F2N2O3S. The van der Waals surface area contributed by atoms with E-state index in [1.807, 2.05) is 18.4 Å². The molecule has 0 aliphatic carbocycles. The van der Waals surface area contributed by atoms with E-state index < -0.39 is 11.7 Å². The van der Waals surface area contributed by atoms with E-state index in [0.717, 1.165) is 28.8 Å². The Morgan fingerprint density at radius 3 is 2.46 bits per heavy atom. The van der Waals surface area contributed by atoms with Crippen molar-refractivity contribution >= 4 is 23.2 Å². The molecule has 3 aromatic rings. The van der Waals surface area contributed by atoms with Gasteiger partial charge < -0.3 is 14.5 Å². The largest absolute Gasteiger partial charge is 0.376 e. The van der Waals surface area contributed by atoms with Gasteiger partial charge in [0.25, 0.3) is 5.91 Å². The molecule has 8 heteroatoms. The number of carbonyl (C=O) groups is 2. The Kier molecular flexibility index (Phi) is 8.25. The molecule has 184 valence electrons. The molecule has 0 radical (unpaired) electrons. The van der Waals surface area contributed by atoms with Gasteiger partial charge >= 0.3 is 0 Å². The van der Waals surface area contributed by atoms with Crippen molar-refractivity contribution < 1.29 is 23.1 Å². The maximum absolute atomic E-state index is 14.4. The molecule has 0 spiro atoms. The van der Waals surface area contributed by atoms with Crippen LogP contribution in [0.1, 0.15) is 39.2 Å². The normalized spacial score (nSPS) is 15.2. The van der Waals surface area contributed by atoms with E-state index in [2.05, 4.69) is 0 Å². The predicted molar refractivity (Wildman–Crippen MR) is 131 cm³/mol. The number of hydrogen-bond acceptors (Lipinski definition) is 4. The van der Waals surface area contributed by atoms with E-state index in [0.29, 0.717) is 13.2 Å². The number of carbonyl (C=O) groups excluding carboxylic acids is 2. The molecule has 2 heterocycles. The molecule has 2 amide bonds. The summed E-state index contributed by atoms with van der Waals surface area (Å²) in [7, 11) is 0. The summed E-state index contributed by atoms with van der Waals surface area (Å²) in [5, 5.41) is 1.97. The molecule has 1 unspecified atom stereocenters. The fraction of sp³-hybridized carbons (Fsp3) is 0.333. The van der Waals surface area contributed by atoms with Crippen molar-refractivity contribution in [1.82, 2.24) is 9.80 Å². The number of hydrogen-bond donors (Lipinski definition) is 0. The van der Waals surface area contributed by atoms with Crippen LogP contribution < -0.4 is 0 Å². The summed E-state index contributed by atoms with van der Waals surface area (Å²) >= 11 is 1.55. The molecule has 0 saturated carbocycles. The summed E-state index contributed by atoms with van der Waals surface area (Å²) in [6.07, 6.45) is 1.47. The minimum absolute atomic E-state index is 0.0718. The van der Waals surface area contributed by atoms with Gasteiger partial charge in [-0.15, -0.1) is 11.3 Å². The summed E-state index contributed by atoms with van der Waals surface area (Å²) in [6.45, 7) is 3.21. The number of amides is 2. The first-order valence-corrected chi connectivity index (χ1v) is 12.5. The van der Waals surface area contributed by atoms with Gasteiger partial charge in [-0.3, -0.25) is 9.59 Å². The second-order valence-corrected chi connectivity index (χ2v) is 9.70. The Morgan fingerprint density at radius 2 is 1.80 bits per heavy atom. The first-order chi connectivity index (χ1) is 16.9. The van der Waals surface area contributed by atoms with Crippen molar-refractivity contribution in [3.63, 3.8) is 0 Å². The van der Waals surface area contributed by atoms with Crippen LogP contribution in [0.5, 0.6) is 0 Å². The lowest BCUT2D eigenvalue weighted by molar-refractivity contribution is -0.133. The van der Waals surface area contributed by atoms with Gasteiger partial charge in [0.05, 0.1) is 18.2 Å². The molecule has 35 heavy (non-hydrogen) atoms. The SMILES string of the molecule is Cc1ccsc1CN(Cc1ccc(F)cc1)C(=O)CN(CC1CCCO1)C(=O)c1ccccc1F. The lowest BCUT2D eigenvalue weighted by Gasteiger charge is -2.29. The number of nitrogens with zero attached hydrogens (tertiary/aromatic N) is 2. The zero-order chi connectivity index (χ0) is 24.8. The Balaban J connectivity index is 1.57. The van der Waals surface area contributed by atoms with E-state index in [1.165, 1.54) is 35.2 Å². The van der Waals surface area contributed by atoms with Gasteiger partial charge in [-0.05, 0) is 66.6 Å². The Bertz CT molecular complexity index is 1160. The van der Waals surface area contributed by atoms with Gasteiger partial charge in [-0.1, -0.05) is 24.3 Å². The molecule has 1 saturated heterocycles. The van der Waals surface area contributed by atoms with Crippen LogP contribution >= 0.6 is 11.3 Å². The first kappa shape index (κ1) is 25.0. The van der Waals surface area contributed by atoms with Crippen LogP contribution in [0.15, 0.2) is 60.0 Å². The smallest absolute Gasteiger partial charge is 0.257 e. The maximum atomic E-state index is 14.4. The zero-order valence-electron chi connectivity index (χ0n) is 19.6. The summed E-state index contributed by atoms with van der Waals surface area (Å²) in [5.41, 5.74) is 1.78. The Hall–Kier alpha value is -3.10. The third-order valence-electron chi connectivity index (χ3n) is 6.11. The number of halogens is 2. The quantitative estimate of drug-likeness (QED) is 0.408. The molecule has 2 aromatic carbocycles. The minimum Gasteiger partial charge on any atom is -0.376 e. The summed E-state index contributed by atoms with van der Waals surface area (Å²) in [5.74, 6) is -1.79. The van der Waals surface area contributed by atoms with E-state index >= 15 is 0 Å². The van der Waals surface area contributed by atoms with Crippen LogP contribution in [0.3, 0.4) is 0 Å². The molecule has 1 aliphatic rings. The van der Waals surface area contributed by atoms with Gasteiger partial charge in [-0.25, -0.2) is 8.78 Å². The molecule has 5 nitrogen and oxygen atoms in total. The van der Waals surface area contributed by atoms with Gasteiger partial charge in [-0.2, -0.15) is 0 Å². The van der Waals surface area contributed by atoms with Crippen molar-refractivity contribution in [1.29, 1.82) is 0 Å². The van der Waals surface area contributed by atoms with E-state index in [1.54, 1.807) is 34.4 Å². The minimum atomic E-state index is -0.625. The number of benzene rings is 2. The van der Waals surface area contributed by atoms with Crippen LogP contribution in [0.25, 0.3) is 0 Å². The highest BCUT2D eigenvalue weighted by atomic mass is 32.1. The average Bonchev–Trinajstić information content (AvgIpc) is 3.51. The van der Waals surface area contributed by atoms with Crippen LogP contribution in [0.2, 0.25) is 0 Å². The Labute approximate surface area is 207 Å². The van der Waals surface area contributed by atoms with Crippen LogP contribution in [0, 0.1) is 18.6 Å². The zero-order valence-corrected chi connectivity index (χ0v) is 20.4. The molecule has 0 N–H and O–H groups in total. The van der Waals surface area contributed by atoms with Gasteiger partial charge in [0.2, 0.25) is 5.91 Å². The van der Waals surface area contributed by atoms with E-state index in [-0.39, 0.29) is 43.0 Å². The second kappa shape index (κ2) is 11.6. The Morgan fingerprint density at radius 1 is 1.03 bits per heavy atom. The summed E-state index contributed by atoms with van der Waals surface area (Å²) in [6, 6.07) is 13.8. The number of rotatable bonds is 9. The number of thiophene rings is 1. The fourth-order valence-electron chi connectivity index (χ4n) is 4.10. The number of aryl methyl sites for hydroxylation is 1. The third kappa shape index (κ3) is 6.52. The lowest BCUT2D eigenvalue weighted by Crippen LogP contribution is -2.45. The van der Waals surface area contributed by atoms with Crippen molar-refractivity contribution in [3.8, 4) is 0 Å². The molecule has 4 rings (SSSR count). The molecule has 0 bridgehead atoms. The molecule has 1 atom stereocenters. The van der Waals surface area contributed by atoms with Gasteiger partial charge in [0.1, 0.15) is 18.2 Å². The van der Waals surface area contributed by atoms with Crippen molar-refractivity contribution in [2.45, 2.75) is 39.0 Å². The summed E-state index contributed by atoms with van der Waals surface area (Å²) in [4.78, 5) is 31.0. The first-order valence-electron chi connectivity index (χ1n) is 11.6. The summed E-state index contributed by atoms with van der Waals surface area (Å²) < 4.78 is 33.5. The second-order valence-electron chi connectivity index (χ2n) is 8.70. The maximum Gasteiger partial charge on any atom is 0.257 e. The molecule has 1 fully saturated rings. The highest BCUT2D eigenvalue weighted by Gasteiger charge is 2.28. The van der Waals surface area contributed by atoms with Gasteiger partial charge in [0, 0.05) is 24.6 Å². The topological polar surface area (TPSA) is 49.9 Å².